The summed E-state index contributed by atoms with van der Waals surface area (Å²) in [6, 6.07) is 7.33. The van der Waals surface area contributed by atoms with E-state index in [1.165, 1.54) is 0 Å². The molecule has 2 saturated heterocycles. The smallest absolute Gasteiger partial charge is 0.215 e. The van der Waals surface area contributed by atoms with Crippen molar-refractivity contribution in [3.05, 3.63) is 34.9 Å². The number of hydrogen-bond donors (Lipinski definition) is 0. The highest BCUT2D eigenvalue weighted by molar-refractivity contribution is 7.89. The van der Waals surface area contributed by atoms with E-state index in [0.29, 0.717) is 50.8 Å². The lowest BCUT2D eigenvalue weighted by Crippen LogP contribution is -2.60. The van der Waals surface area contributed by atoms with Crippen LogP contribution in [0.3, 0.4) is 0 Å². The SMILES string of the molecule is O=S(=O)(CCc1cccc(Cl)c1)N1CCOCC12CCOC2. The molecule has 1 unspecified atom stereocenters. The molecule has 2 heterocycles. The normalized spacial score (nSPS) is 26.6. The number of hydrogen-bond acceptors (Lipinski definition) is 4. The zero-order chi connectivity index (χ0) is 15.6. The third-order valence-electron chi connectivity index (χ3n) is 4.29. The van der Waals surface area contributed by atoms with Crippen LogP contribution in [-0.2, 0) is 25.9 Å². The fourth-order valence-corrected chi connectivity index (χ4v) is 5.18. The van der Waals surface area contributed by atoms with Gasteiger partial charge in [0, 0.05) is 18.2 Å². The van der Waals surface area contributed by atoms with Crippen LogP contribution in [0.15, 0.2) is 24.3 Å². The van der Waals surface area contributed by atoms with Gasteiger partial charge in [-0.25, -0.2) is 8.42 Å². The average Bonchev–Trinajstić information content (AvgIpc) is 2.94. The summed E-state index contributed by atoms with van der Waals surface area (Å²) in [5.41, 5.74) is 0.423. The Bertz CT molecular complexity index is 628. The molecule has 1 aromatic carbocycles. The first-order chi connectivity index (χ1) is 10.5. The van der Waals surface area contributed by atoms with Crippen LogP contribution in [-0.4, -0.2) is 57.0 Å². The largest absolute Gasteiger partial charge is 0.379 e. The number of halogens is 1. The first-order valence-electron chi connectivity index (χ1n) is 7.42. The van der Waals surface area contributed by atoms with Gasteiger partial charge in [-0.1, -0.05) is 23.7 Å². The van der Waals surface area contributed by atoms with Crippen molar-refractivity contribution in [3.8, 4) is 0 Å². The number of benzene rings is 1. The van der Waals surface area contributed by atoms with Gasteiger partial charge >= 0.3 is 0 Å². The molecule has 22 heavy (non-hydrogen) atoms. The minimum atomic E-state index is -3.36. The zero-order valence-electron chi connectivity index (χ0n) is 12.3. The lowest BCUT2D eigenvalue weighted by atomic mass is 9.99. The van der Waals surface area contributed by atoms with E-state index in [2.05, 4.69) is 0 Å². The second-order valence-corrected chi connectivity index (χ2v) is 8.30. The van der Waals surface area contributed by atoms with Gasteiger partial charge in [0.2, 0.25) is 10.0 Å². The first-order valence-corrected chi connectivity index (χ1v) is 9.41. The van der Waals surface area contributed by atoms with Gasteiger partial charge in [-0.15, -0.1) is 0 Å². The highest BCUT2D eigenvalue weighted by atomic mass is 35.5. The lowest BCUT2D eigenvalue weighted by Gasteiger charge is -2.42. The van der Waals surface area contributed by atoms with Gasteiger partial charge in [0.1, 0.15) is 0 Å². The molecule has 0 N–H and O–H groups in total. The topological polar surface area (TPSA) is 55.8 Å². The molecule has 1 aromatic rings. The van der Waals surface area contributed by atoms with Gasteiger partial charge in [0.25, 0.3) is 0 Å². The number of rotatable bonds is 4. The average molecular weight is 346 g/mol. The van der Waals surface area contributed by atoms with Crippen LogP contribution in [0.5, 0.6) is 0 Å². The molecular formula is C15H20ClNO4S. The molecular weight excluding hydrogens is 326 g/mol. The number of morpholine rings is 1. The maximum atomic E-state index is 12.8. The fourth-order valence-electron chi connectivity index (χ4n) is 3.11. The number of aryl methyl sites for hydroxylation is 1. The van der Waals surface area contributed by atoms with E-state index in [1.807, 2.05) is 18.2 Å². The van der Waals surface area contributed by atoms with Crippen molar-refractivity contribution in [2.45, 2.75) is 18.4 Å². The monoisotopic (exact) mass is 345 g/mol. The molecule has 7 heteroatoms. The lowest BCUT2D eigenvalue weighted by molar-refractivity contribution is -0.0292. The number of sulfonamides is 1. The number of ether oxygens (including phenoxy) is 2. The van der Waals surface area contributed by atoms with Crippen LogP contribution in [0.4, 0.5) is 0 Å². The molecule has 0 saturated carbocycles. The summed E-state index contributed by atoms with van der Waals surface area (Å²) in [5, 5.41) is 0.627. The van der Waals surface area contributed by atoms with Crippen LogP contribution in [0, 0.1) is 0 Å². The van der Waals surface area contributed by atoms with Gasteiger partial charge in [-0.2, -0.15) is 4.31 Å². The highest BCUT2D eigenvalue weighted by Gasteiger charge is 2.48. The number of nitrogens with zero attached hydrogens (tertiary/aromatic N) is 1. The molecule has 1 spiro atoms. The molecule has 0 aromatic heterocycles. The van der Waals surface area contributed by atoms with Crippen molar-refractivity contribution in [1.82, 2.24) is 4.31 Å². The standard InChI is InChI=1S/C15H20ClNO4S/c16-14-3-1-2-13(10-14)4-9-22(18,19)17-6-8-21-12-15(17)5-7-20-11-15/h1-3,10H,4-9,11-12H2. The van der Waals surface area contributed by atoms with Gasteiger partial charge in [0.05, 0.1) is 31.1 Å². The summed E-state index contributed by atoms with van der Waals surface area (Å²) in [6.07, 6.45) is 1.15. The minimum Gasteiger partial charge on any atom is -0.379 e. The minimum absolute atomic E-state index is 0.0785. The fraction of sp³-hybridized carbons (Fsp3) is 0.600. The molecule has 2 aliphatic rings. The van der Waals surface area contributed by atoms with Crippen molar-refractivity contribution in [2.24, 2.45) is 0 Å². The third-order valence-corrected chi connectivity index (χ3v) is 6.49. The Kier molecular flexibility index (Phi) is 4.75. The summed E-state index contributed by atoms with van der Waals surface area (Å²) in [6.45, 7) is 2.27. The van der Waals surface area contributed by atoms with E-state index >= 15 is 0 Å². The van der Waals surface area contributed by atoms with E-state index in [9.17, 15) is 8.42 Å². The van der Waals surface area contributed by atoms with Gasteiger partial charge in [0.15, 0.2) is 0 Å². The van der Waals surface area contributed by atoms with Crippen LogP contribution in [0.2, 0.25) is 5.02 Å². The van der Waals surface area contributed by atoms with Gasteiger partial charge in [-0.3, -0.25) is 0 Å². The molecule has 1 atom stereocenters. The van der Waals surface area contributed by atoms with Crippen molar-refractivity contribution < 1.29 is 17.9 Å². The van der Waals surface area contributed by atoms with Gasteiger partial charge < -0.3 is 9.47 Å². The second kappa shape index (κ2) is 6.45. The molecule has 5 nitrogen and oxygen atoms in total. The Labute approximate surface area is 136 Å². The van der Waals surface area contributed by atoms with Crippen molar-refractivity contribution in [1.29, 1.82) is 0 Å². The predicted molar refractivity (Wildman–Crippen MR) is 84.6 cm³/mol. The summed E-state index contributed by atoms with van der Waals surface area (Å²) < 4.78 is 38.1. The van der Waals surface area contributed by atoms with E-state index in [0.717, 1.165) is 5.56 Å². The van der Waals surface area contributed by atoms with Gasteiger partial charge in [-0.05, 0) is 30.5 Å². The summed E-state index contributed by atoms with van der Waals surface area (Å²) >= 11 is 5.95. The molecule has 2 fully saturated rings. The molecule has 2 aliphatic heterocycles. The van der Waals surface area contributed by atoms with E-state index in [1.54, 1.807) is 10.4 Å². The van der Waals surface area contributed by atoms with Crippen LogP contribution < -0.4 is 0 Å². The Balaban J connectivity index is 1.74. The Morgan fingerprint density at radius 1 is 1.23 bits per heavy atom. The summed E-state index contributed by atoms with van der Waals surface area (Å²) in [5.74, 6) is 0.0785. The molecule has 0 radical (unpaired) electrons. The molecule has 3 rings (SSSR count). The second-order valence-electron chi connectivity index (χ2n) is 5.85. The Morgan fingerprint density at radius 2 is 2.00 bits per heavy atom. The Hall–Kier alpha value is -0.660. The van der Waals surface area contributed by atoms with E-state index in [4.69, 9.17) is 21.1 Å². The zero-order valence-corrected chi connectivity index (χ0v) is 13.9. The van der Waals surface area contributed by atoms with Crippen molar-refractivity contribution in [3.63, 3.8) is 0 Å². The van der Waals surface area contributed by atoms with Crippen LogP contribution in [0.25, 0.3) is 0 Å². The van der Waals surface area contributed by atoms with Crippen LogP contribution in [0.1, 0.15) is 12.0 Å². The molecule has 0 amide bonds. The molecule has 0 bridgehead atoms. The summed E-state index contributed by atoms with van der Waals surface area (Å²) in [7, 11) is -3.36. The first kappa shape index (κ1) is 16.2. The maximum absolute atomic E-state index is 12.8. The van der Waals surface area contributed by atoms with E-state index in [-0.39, 0.29) is 5.75 Å². The molecule has 122 valence electrons. The van der Waals surface area contributed by atoms with Crippen molar-refractivity contribution in [2.75, 3.05) is 38.7 Å². The third kappa shape index (κ3) is 3.31. The predicted octanol–water partition coefficient (Wildman–Crippen LogP) is 1.70. The Morgan fingerprint density at radius 3 is 2.68 bits per heavy atom. The maximum Gasteiger partial charge on any atom is 0.215 e. The quantitative estimate of drug-likeness (QED) is 0.833. The highest BCUT2D eigenvalue weighted by Crippen LogP contribution is 2.32. The van der Waals surface area contributed by atoms with E-state index < -0.39 is 15.6 Å². The van der Waals surface area contributed by atoms with Crippen LogP contribution >= 0.6 is 11.6 Å². The summed E-state index contributed by atoms with van der Waals surface area (Å²) in [4.78, 5) is 0. The van der Waals surface area contributed by atoms with Crippen molar-refractivity contribution >= 4 is 21.6 Å². The molecule has 0 aliphatic carbocycles.